The molecule has 2 aromatic rings. The Morgan fingerprint density at radius 2 is 2.00 bits per heavy atom. The van der Waals surface area contributed by atoms with E-state index in [1.54, 1.807) is 42.5 Å². The Morgan fingerprint density at radius 3 is 2.70 bits per heavy atom. The molecule has 7 nitrogen and oxygen atoms in total. The summed E-state index contributed by atoms with van der Waals surface area (Å²) in [6.45, 7) is 4.71. The summed E-state index contributed by atoms with van der Waals surface area (Å²) in [5, 5.41) is 33.2. The van der Waals surface area contributed by atoms with E-state index in [0.29, 0.717) is 17.7 Å². The third-order valence-corrected chi connectivity index (χ3v) is 7.83. The van der Waals surface area contributed by atoms with Gasteiger partial charge in [-0.2, -0.15) is 0 Å². The predicted octanol–water partition coefficient (Wildman–Crippen LogP) is 2.58. The lowest BCUT2D eigenvalue weighted by Gasteiger charge is -2.56. The van der Waals surface area contributed by atoms with Crippen molar-refractivity contribution in [2.75, 3.05) is 13.6 Å². The van der Waals surface area contributed by atoms with Crippen molar-refractivity contribution in [1.82, 2.24) is 4.90 Å². The lowest BCUT2D eigenvalue weighted by molar-refractivity contribution is -0.158. The number of rotatable bonds is 5. The van der Waals surface area contributed by atoms with E-state index in [4.69, 9.17) is 9.47 Å². The SMILES string of the molecule is CCN(C)[C@@H]1Cc2ccc(O)c3c2[C@@]2(C)[C@@H](O3)C(OC(=O)[C@H](O)c3ccccc3)=CC[C@@]12O. The Balaban J connectivity index is 1.56. The molecule has 0 amide bonds. The quantitative estimate of drug-likeness (QED) is 0.601. The van der Waals surface area contributed by atoms with Gasteiger partial charge in [0.1, 0.15) is 5.76 Å². The Hall–Kier alpha value is -2.87. The summed E-state index contributed by atoms with van der Waals surface area (Å²) < 4.78 is 11.9. The van der Waals surface area contributed by atoms with Gasteiger partial charge in [-0.1, -0.05) is 43.3 Å². The molecule has 0 bridgehead atoms. The second kappa shape index (κ2) is 7.58. The van der Waals surface area contributed by atoms with E-state index in [2.05, 4.69) is 4.90 Å². The highest BCUT2D eigenvalue weighted by Crippen LogP contribution is 2.62. The van der Waals surface area contributed by atoms with Crippen LogP contribution in [-0.4, -0.2) is 57.5 Å². The monoisotopic (exact) mass is 451 g/mol. The Labute approximate surface area is 192 Å². The fourth-order valence-corrected chi connectivity index (χ4v) is 5.84. The summed E-state index contributed by atoms with van der Waals surface area (Å²) >= 11 is 0. The van der Waals surface area contributed by atoms with Gasteiger partial charge in [0.25, 0.3) is 0 Å². The lowest BCUT2D eigenvalue weighted by atomic mass is 9.54. The smallest absolute Gasteiger partial charge is 0.344 e. The fraction of sp³-hybridized carbons (Fsp3) is 0.423. The minimum absolute atomic E-state index is 0.0102. The van der Waals surface area contributed by atoms with Crippen molar-refractivity contribution in [1.29, 1.82) is 0 Å². The number of hydrogen-bond donors (Lipinski definition) is 3. The van der Waals surface area contributed by atoms with E-state index in [-0.39, 0.29) is 24.0 Å². The topological polar surface area (TPSA) is 99.5 Å². The maximum atomic E-state index is 12.8. The van der Waals surface area contributed by atoms with E-state index in [1.807, 2.05) is 27.0 Å². The highest BCUT2D eigenvalue weighted by atomic mass is 16.6. The average molecular weight is 452 g/mol. The van der Waals surface area contributed by atoms with Crippen molar-refractivity contribution in [3.05, 3.63) is 71.0 Å². The number of nitrogens with zero attached hydrogens (tertiary/aromatic N) is 1. The predicted molar refractivity (Wildman–Crippen MR) is 121 cm³/mol. The van der Waals surface area contributed by atoms with E-state index < -0.39 is 29.2 Å². The van der Waals surface area contributed by atoms with Crippen LogP contribution in [0.5, 0.6) is 11.5 Å². The molecule has 1 heterocycles. The van der Waals surface area contributed by atoms with Crippen molar-refractivity contribution in [2.45, 2.75) is 56.0 Å². The summed E-state index contributed by atoms with van der Waals surface area (Å²) in [5.74, 6) is -0.264. The van der Waals surface area contributed by atoms with Gasteiger partial charge in [-0.05, 0) is 50.2 Å². The van der Waals surface area contributed by atoms with Crippen molar-refractivity contribution in [3.63, 3.8) is 0 Å². The minimum atomic E-state index is -1.45. The fourth-order valence-electron chi connectivity index (χ4n) is 5.84. The lowest BCUT2D eigenvalue weighted by Crippen LogP contribution is -2.69. The molecule has 2 aliphatic carbocycles. The number of hydrogen-bond acceptors (Lipinski definition) is 7. The molecule has 0 saturated heterocycles. The van der Waals surface area contributed by atoms with Crippen molar-refractivity contribution in [3.8, 4) is 11.5 Å². The number of benzene rings is 2. The van der Waals surface area contributed by atoms with Crippen LogP contribution < -0.4 is 4.74 Å². The molecule has 33 heavy (non-hydrogen) atoms. The molecule has 1 aliphatic heterocycles. The Morgan fingerprint density at radius 1 is 1.27 bits per heavy atom. The van der Waals surface area contributed by atoms with Gasteiger partial charge in [0.15, 0.2) is 23.7 Å². The van der Waals surface area contributed by atoms with Crippen LogP contribution in [0.3, 0.4) is 0 Å². The van der Waals surface area contributed by atoms with Crippen molar-refractivity contribution < 1.29 is 29.6 Å². The highest BCUT2D eigenvalue weighted by molar-refractivity contribution is 5.77. The number of likely N-dealkylation sites (N-methyl/N-ethyl adjacent to an activating group) is 1. The van der Waals surface area contributed by atoms with Crippen LogP contribution >= 0.6 is 0 Å². The molecule has 174 valence electrons. The van der Waals surface area contributed by atoms with Crippen LogP contribution in [0.2, 0.25) is 0 Å². The zero-order chi connectivity index (χ0) is 23.5. The molecule has 3 N–H and O–H groups in total. The first kappa shape index (κ1) is 21.9. The number of aromatic hydroxyl groups is 1. The van der Waals surface area contributed by atoms with Gasteiger partial charge in [-0.3, -0.25) is 0 Å². The van der Waals surface area contributed by atoms with Crippen LogP contribution in [0, 0.1) is 0 Å². The van der Waals surface area contributed by atoms with Crippen molar-refractivity contribution >= 4 is 5.97 Å². The van der Waals surface area contributed by atoms with E-state index in [1.165, 1.54) is 0 Å². The number of carbonyl (C=O) groups is 1. The molecule has 3 aliphatic rings. The first-order valence-electron chi connectivity index (χ1n) is 11.3. The number of phenols is 1. The number of esters is 1. The largest absolute Gasteiger partial charge is 0.504 e. The van der Waals surface area contributed by atoms with E-state index in [0.717, 1.165) is 17.7 Å². The molecule has 0 radical (unpaired) electrons. The molecule has 0 unspecified atom stereocenters. The van der Waals surface area contributed by atoms with Crippen LogP contribution in [0.25, 0.3) is 0 Å². The van der Waals surface area contributed by atoms with Crippen LogP contribution in [0.1, 0.15) is 43.1 Å². The molecule has 0 aromatic heterocycles. The number of aliphatic hydroxyl groups is 2. The summed E-state index contributed by atoms with van der Waals surface area (Å²) in [6, 6.07) is 11.9. The summed E-state index contributed by atoms with van der Waals surface area (Å²) in [5.41, 5.74) is 0.0351. The van der Waals surface area contributed by atoms with Gasteiger partial charge in [-0.15, -0.1) is 0 Å². The van der Waals surface area contributed by atoms with Gasteiger partial charge < -0.3 is 29.7 Å². The van der Waals surface area contributed by atoms with E-state index >= 15 is 0 Å². The van der Waals surface area contributed by atoms with E-state index in [9.17, 15) is 20.1 Å². The van der Waals surface area contributed by atoms with Gasteiger partial charge >= 0.3 is 5.97 Å². The molecule has 2 aromatic carbocycles. The third-order valence-electron chi connectivity index (χ3n) is 7.83. The van der Waals surface area contributed by atoms with Crippen molar-refractivity contribution in [2.24, 2.45) is 0 Å². The summed E-state index contributed by atoms with van der Waals surface area (Å²) in [4.78, 5) is 14.9. The molecular formula is C26H29NO6. The Kier molecular flexibility index (Phi) is 5.04. The zero-order valence-electron chi connectivity index (χ0n) is 19.0. The first-order chi connectivity index (χ1) is 15.7. The van der Waals surface area contributed by atoms with Crippen LogP contribution in [-0.2, 0) is 21.4 Å². The average Bonchev–Trinajstić information content (AvgIpc) is 3.16. The molecule has 0 spiro atoms. The van der Waals surface area contributed by atoms with Gasteiger partial charge in [0.05, 0.1) is 11.0 Å². The van der Waals surface area contributed by atoms with Crippen LogP contribution in [0.4, 0.5) is 0 Å². The van der Waals surface area contributed by atoms with Gasteiger partial charge in [0, 0.05) is 18.0 Å². The van der Waals surface area contributed by atoms with Crippen LogP contribution in [0.15, 0.2) is 54.3 Å². The normalized spacial score (nSPS) is 30.3. The molecule has 0 fully saturated rings. The number of carbonyl (C=O) groups excluding carboxylic acids is 1. The molecular weight excluding hydrogens is 422 g/mol. The Bertz CT molecular complexity index is 1130. The standard InChI is InChI=1S/C26H29NO6/c1-4-27(3)19-14-16-10-11-17(28)22-20(16)25(2)23(33-22)18(12-13-26(19,25)31)32-24(30)21(29)15-8-6-5-7-9-15/h5-12,19,21,23,28-29,31H,4,13-14H2,1-3H3/t19-,21-,23+,25+,26-/m1/s1. The van der Waals surface area contributed by atoms with Gasteiger partial charge in [0.2, 0.25) is 0 Å². The highest BCUT2D eigenvalue weighted by Gasteiger charge is 2.68. The third kappa shape index (κ3) is 2.96. The molecule has 0 saturated carbocycles. The number of ether oxygens (including phenoxy) is 2. The number of phenolic OH excluding ortho intramolecular Hbond substituents is 1. The molecule has 7 heteroatoms. The molecule has 5 atom stereocenters. The maximum Gasteiger partial charge on any atom is 0.344 e. The summed E-state index contributed by atoms with van der Waals surface area (Å²) in [6.07, 6.45) is 0.283. The zero-order valence-corrected chi connectivity index (χ0v) is 19.0. The minimum Gasteiger partial charge on any atom is -0.504 e. The first-order valence-corrected chi connectivity index (χ1v) is 11.3. The second-order valence-electron chi connectivity index (χ2n) is 9.41. The maximum absolute atomic E-state index is 12.8. The molecule has 5 rings (SSSR count). The summed E-state index contributed by atoms with van der Waals surface area (Å²) in [7, 11) is 1.98. The number of aliphatic hydroxyl groups excluding tert-OH is 1. The second-order valence-corrected chi connectivity index (χ2v) is 9.41. The van der Waals surface area contributed by atoms with Gasteiger partial charge in [-0.25, -0.2) is 4.79 Å².